The van der Waals surface area contributed by atoms with E-state index in [0.29, 0.717) is 0 Å². The summed E-state index contributed by atoms with van der Waals surface area (Å²) >= 11 is 4.75. The summed E-state index contributed by atoms with van der Waals surface area (Å²) in [6.07, 6.45) is -4.44. The molecule has 1 aromatic heterocycles. The van der Waals surface area contributed by atoms with Gasteiger partial charge in [0.25, 0.3) is 0 Å². The molecule has 0 fully saturated rings. The first-order chi connectivity index (χ1) is 5.88. The van der Waals surface area contributed by atoms with Crippen molar-refractivity contribution in [2.45, 2.75) is 19.6 Å². The van der Waals surface area contributed by atoms with Crippen LogP contribution in [0, 0.1) is 4.77 Å². The highest BCUT2D eigenvalue weighted by Gasteiger charge is 2.37. The van der Waals surface area contributed by atoms with E-state index in [1.807, 2.05) is 0 Å². The number of rotatable bonds is 1. The third-order valence-electron chi connectivity index (χ3n) is 1.58. The first-order valence-electron chi connectivity index (χ1n) is 3.59. The van der Waals surface area contributed by atoms with E-state index in [4.69, 9.17) is 12.2 Å². The zero-order chi connectivity index (χ0) is 10.2. The molecule has 0 aliphatic rings. The molecule has 0 spiro atoms. The molecule has 13 heavy (non-hydrogen) atoms. The normalized spacial score (nSPS) is 12.1. The topological polar surface area (TPSA) is 22.8 Å². The third kappa shape index (κ3) is 1.74. The Balaban J connectivity index is 3.39. The van der Waals surface area contributed by atoms with Crippen molar-refractivity contribution < 1.29 is 13.2 Å². The number of aryl methyl sites for hydroxylation is 1. The van der Waals surface area contributed by atoms with Gasteiger partial charge in [-0.1, -0.05) is 0 Å². The number of hydrogen-bond donors (Lipinski definition) is 0. The fraction of sp³-hybridized carbons (Fsp3) is 0.667. The summed E-state index contributed by atoms with van der Waals surface area (Å²) in [5.41, 5.74) is 0. The average molecular weight is 211 g/mol. The Bertz CT molecular complexity index is 362. The number of alkyl halides is 3. The molecule has 74 valence electrons. The standard InChI is InChI=1S/C6H8F3N3S/c1-3-12-4(6(7,8)9)10-11(2)5(12)13/h3H2,1-2H3. The van der Waals surface area contributed by atoms with Crippen LogP contribution in [-0.4, -0.2) is 14.3 Å². The summed E-state index contributed by atoms with van der Waals surface area (Å²) in [5.74, 6) is -0.942. The molecular formula is C6H8F3N3S. The smallest absolute Gasteiger partial charge is 0.297 e. The van der Waals surface area contributed by atoms with E-state index in [1.165, 1.54) is 7.05 Å². The highest BCUT2D eigenvalue weighted by molar-refractivity contribution is 7.71. The third-order valence-corrected chi connectivity index (χ3v) is 2.06. The van der Waals surface area contributed by atoms with Crippen molar-refractivity contribution in [2.24, 2.45) is 7.05 Å². The van der Waals surface area contributed by atoms with E-state index in [-0.39, 0.29) is 11.3 Å². The van der Waals surface area contributed by atoms with Gasteiger partial charge >= 0.3 is 6.18 Å². The van der Waals surface area contributed by atoms with Crippen LogP contribution in [-0.2, 0) is 19.8 Å². The van der Waals surface area contributed by atoms with E-state index in [2.05, 4.69) is 5.10 Å². The van der Waals surface area contributed by atoms with Crippen LogP contribution in [0.3, 0.4) is 0 Å². The molecule has 1 heterocycles. The first kappa shape index (κ1) is 10.2. The first-order valence-corrected chi connectivity index (χ1v) is 3.99. The Hall–Kier alpha value is -0.850. The minimum Gasteiger partial charge on any atom is -0.297 e. The van der Waals surface area contributed by atoms with Crippen LogP contribution >= 0.6 is 12.2 Å². The summed E-state index contributed by atoms with van der Waals surface area (Å²) in [6.45, 7) is 1.76. The lowest BCUT2D eigenvalue weighted by atomic mass is 10.5. The molecule has 0 N–H and O–H groups in total. The average Bonchev–Trinajstić information content (AvgIpc) is 2.28. The van der Waals surface area contributed by atoms with Gasteiger partial charge < -0.3 is 0 Å². The minimum atomic E-state index is -4.44. The van der Waals surface area contributed by atoms with Gasteiger partial charge in [0, 0.05) is 13.6 Å². The van der Waals surface area contributed by atoms with Crippen molar-refractivity contribution >= 4 is 12.2 Å². The van der Waals surface area contributed by atoms with Gasteiger partial charge in [-0.2, -0.15) is 13.2 Å². The second-order valence-electron chi connectivity index (χ2n) is 2.47. The molecular weight excluding hydrogens is 203 g/mol. The second kappa shape index (κ2) is 3.13. The molecule has 0 aromatic carbocycles. The lowest BCUT2D eigenvalue weighted by Gasteiger charge is -2.05. The molecule has 1 aromatic rings. The molecule has 0 saturated carbocycles. The Morgan fingerprint density at radius 1 is 1.46 bits per heavy atom. The highest BCUT2D eigenvalue weighted by atomic mass is 32.1. The van der Waals surface area contributed by atoms with E-state index in [1.54, 1.807) is 6.92 Å². The Kier molecular flexibility index (Phi) is 2.47. The highest BCUT2D eigenvalue weighted by Crippen LogP contribution is 2.27. The fourth-order valence-electron chi connectivity index (χ4n) is 0.999. The van der Waals surface area contributed by atoms with Gasteiger partial charge in [-0.3, -0.25) is 4.57 Å². The van der Waals surface area contributed by atoms with Crippen LogP contribution in [0.5, 0.6) is 0 Å². The SMILES string of the molecule is CCn1c(C(F)(F)F)nn(C)c1=S. The molecule has 0 atom stereocenters. The molecule has 0 aliphatic heterocycles. The molecule has 0 aliphatic carbocycles. The van der Waals surface area contributed by atoms with E-state index in [9.17, 15) is 13.2 Å². The summed E-state index contributed by atoms with van der Waals surface area (Å²) in [6, 6.07) is 0. The number of aromatic nitrogens is 3. The summed E-state index contributed by atoms with van der Waals surface area (Å²) < 4.78 is 38.9. The zero-order valence-electron chi connectivity index (χ0n) is 7.09. The summed E-state index contributed by atoms with van der Waals surface area (Å²) in [4.78, 5) is 0. The van der Waals surface area contributed by atoms with Crippen molar-refractivity contribution in [1.29, 1.82) is 0 Å². The summed E-state index contributed by atoms with van der Waals surface area (Å²) in [5, 5.41) is 3.30. The van der Waals surface area contributed by atoms with Crippen LogP contribution in [0.1, 0.15) is 12.7 Å². The zero-order valence-corrected chi connectivity index (χ0v) is 7.91. The van der Waals surface area contributed by atoms with Crippen LogP contribution in [0.4, 0.5) is 13.2 Å². The minimum absolute atomic E-state index is 0.0785. The van der Waals surface area contributed by atoms with Crippen LogP contribution < -0.4 is 0 Å². The molecule has 3 nitrogen and oxygen atoms in total. The van der Waals surface area contributed by atoms with Gasteiger partial charge in [-0.25, -0.2) is 4.68 Å². The van der Waals surface area contributed by atoms with Crippen molar-refractivity contribution in [2.75, 3.05) is 0 Å². The molecule has 0 radical (unpaired) electrons. The maximum absolute atomic E-state index is 12.3. The molecule has 1 rings (SSSR count). The van der Waals surface area contributed by atoms with Crippen LogP contribution in [0.25, 0.3) is 0 Å². The fourth-order valence-corrected chi connectivity index (χ4v) is 1.26. The number of nitrogens with zero attached hydrogens (tertiary/aromatic N) is 3. The predicted octanol–water partition coefficient (Wildman–Crippen LogP) is 1.99. The van der Waals surface area contributed by atoms with Crippen LogP contribution in [0.2, 0.25) is 0 Å². The molecule has 0 amide bonds. The molecule has 0 bridgehead atoms. The lowest BCUT2D eigenvalue weighted by molar-refractivity contribution is -0.147. The van der Waals surface area contributed by atoms with E-state index in [0.717, 1.165) is 9.25 Å². The lowest BCUT2D eigenvalue weighted by Crippen LogP contribution is -2.14. The van der Waals surface area contributed by atoms with E-state index < -0.39 is 12.0 Å². The van der Waals surface area contributed by atoms with Crippen molar-refractivity contribution in [3.63, 3.8) is 0 Å². The maximum Gasteiger partial charge on any atom is 0.451 e. The largest absolute Gasteiger partial charge is 0.451 e. The van der Waals surface area contributed by atoms with Gasteiger partial charge in [0.2, 0.25) is 5.82 Å². The van der Waals surface area contributed by atoms with Gasteiger partial charge in [0.15, 0.2) is 4.77 Å². The molecule has 7 heteroatoms. The van der Waals surface area contributed by atoms with E-state index >= 15 is 0 Å². The van der Waals surface area contributed by atoms with Gasteiger partial charge in [-0.15, -0.1) is 5.10 Å². The molecule has 0 unspecified atom stereocenters. The van der Waals surface area contributed by atoms with Crippen molar-refractivity contribution in [3.05, 3.63) is 10.6 Å². The second-order valence-corrected chi connectivity index (χ2v) is 2.84. The van der Waals surface area contributed by atoms with Crippen molar-refractivity contribution in [1.82, 2.24) is 14.3 Å². The Morgan fingerprint density at radius 2 is 2.00 bits per heavy atom. The maximum atomic E-state index is 12.3. The predicted molar refractivity (Wildman–Crippen MR) is 42.7 cm³/mol. The van der Waals surface area contributed by atoms with Gasteiger partial charge in [0.1, 0.15) is 0 Å². The van der Waals surface area contributed by atoms with Gasteiger partial charge in [-0.05, 0) is 19.1 Å². The monoisotopic (exact) mass is 211 g/mol. The Labute approximate surface area is 77.8 Å². The Morgan fingerprint density at radius 3 is 2.31 bits per heavy atom. The summed E-state index contributed by atoms with van der Waals surface area (Å²) in [7, 11) is 1.39. The van der Waals surface area contributed by atoms with Crippen LogP contribution in [0.15, 0.2) is 0 Å². The van der Waals surface area contributed by atoms with Crippen molar-refractivity contribution in [3.8, 4) is 0 Å². The quantitative estimate of drug-likeness (QED) is 0.663. The number of halogens is 3. The number of hydrogen-bond acceptors (Lipinski definition) is 2. The van der Waals surface area contributed by atoms with Gasteiger partial charge in [0.05, 0.1) is 0 Å². The molecule has 0 saturated heterocycles.